The second-order valence-electron chi connectivity index (χ2n) is 6.26. The molecule has 106 valence electrons. The number of aromatic nitrogens is 1. The fourth-order valence-electron chi connectivity index (χ4n) is 3.39. The second kappa shape index (κ2) is 7.04. The molecule has 0 aliphatic heterocycles. The first kappa shape index (κ1) is 14.5. The average Bonchev–Trinajstić information content (AvgIpc) is 2.39. The normalized spacial score (nSPS) is 25.2. The van der Waals surface area contributed by atoms with Gasteiger partial charge in [0, 0.05) is 18.4 Å². The summed E-state index contributed by atoms with van der Waals surface area (Å²) in [5.41, 5.74) is 2.65. The van der Waals surface area contributed by atoms with Gasteiger partial charge < -0.3 is 5.32 Å². The number of aryl methyl sites for hydroxylation is 1. The van der Waals surface area contributed by atoms with E-state index >= 15 is 0 Å². The molecule has 0 saturated heterocycles. The summed E-state index contributed by atoms with van der Waals surface area (Å²) in [7, 11) is 0. The quantitative estimate of drug-likeness (QED) is 0.855. The summed E-state index contributed by atoms with van der Waals surface area (Å²) < 4.78 is 0. The first-order chi connectivity index (χ1) is 9.20. The Balaban J connectivity index is 2.14. The predicted octanol–water partition coefficient (Wildman–Crippen LogP) is 4.26. The maximum atomic E-state index is 4.39. The van der Waals surface area contributed by atoms with E-state index in [9.17, 15) is 0 Å². The molecule has 2 heteroatoms. The van der Waals surface area contributed by atoms with Crippen LogP contribution in [0.25, 0.3) is 0 Å². The van der Waals surface area contributed by atoms with Gasteiger partial charge in [-0.05, 0) is 55.7 Å². The van der Waals surface area contributed by atoms with E-state index in [0.717, 1.165) is 18.4 Å². The minimum atomic E-state index is 0.495. The zero-order chi connectivity index (χ0) is 13.7. The van der Waals surface area contributed by atoms with E-state index in [1.54, 1.807) is 0 Å². The highest BCUT2D eigenvalue weighted by Crippen LogP contribution is 2.37. The topological polar surface area (TPSA) is 24.9 Å². The average molecular weight is 260 g/mol. The molecule has 1 saturated carbocycles. The summed E-state index contributed by atoms with van der Waals surface area (Å²) in [6.45, 7) is 7.87. The van der Waals surface area contributed by atoms with Crippen molar-refractivity contribution in [3.8, 4) is 0 Å². The molecule has 1 aliphatic carbocycles. The minimum Gasteiger partial charge on any atom is -0.310 e. The summed E-state index contributed by atoms with van der Waals surface area (Å²) in [6.07, 6.45) is 10.7. The Hall–Kier alpha value is -0.890. The van der Waals surface area contributed by atoms with Crippen LogP contribution in [-0.4, -0.2) is 11.5 Å². The van der Waals surface area contributed by atoms with Gasteiger partial charge in [0.25, 0.3) is 0 Å². The van der Waals surface area contributed by atoms with Crippen molar-refractivity contribution in [2.75, 3.05) is 6.54 Å². The van der Waals surface area contributed by atoms with Crippen LogP contribution in [0.3, 0.4) is 0 Å². The van der Waals surface area contributed by atoms with Crippen molar-refractivity contribution < 1.29 is 0 Å². The highest BCUT2D eigenvalue weighted by atomic mass is 14.9. The lowest BCUT2D eigenvalue weighted by atomic mass is 9.77. The number of rotatable bonds is 5. The van der Waals surface area contributed by atoms with Gasteiger partial charge in [-0.2, -0.15) is 0 Å². The van der Waals surface area contributed by atoms with Gasteiger partial charge in [0.15, 0.2) is 0 Å². The van der Waals surface area contributed by atoms with Crippen molar-refractivity contribution in [3.05, 3.63) is 29.6 Å². The lowest BCUT2D eigenvalue weighted by Crippen LogP contribution is -2.32. The number of nitrogens with zero attached hydrogens (tertiary/aromatic N) is 1. The third-order valence-electron chi connectivity index (χ3n) is 4.32. The summed E-state index contributed by atoms with van der Waals surface area (Å²) in [6, 6.07) is 2.80. The van der Waals surface area contributed by atoms with Gasteiger partial charge in [-0.3, -0.25) is 4.98 Å². The van der Waals surface area contributed by atoms with Crippen molar-refractivity contribution in [1.82, 2.24) is 10.3 Å². The SMILES string of the molecule is CCCNC(c1cncc(C)c1)C1CCCC(C)C1. The van der Waals surface area contributed by atoms with Crippen LogP contribution in [0.15, 0.2) is 18.5 Å². The molecule has 1 N–H and O–H groups in total. The van der Waals surface area contributed by atoms with E-state index in [0.29, 0.717) is 6.04 Å². The molecule has 0 amide bonds. The predicted molar refractivity (Wildman–Crippen MR) is 81.1 cm³/mol. The summed E-state index contributed by atoms with van der Waals surface area (Å²) in [5.74, 6) is 1.65. The molecule has 0 radical (unpaired) electrons. The molecule has 2 nitrogen and oxygen atoms in total. The van der Waals surface area contributed by atoms with Crippen LogP contribution in [0.2, 0.25) is 0 Å². The maximum absolute atomic E-state index is 4.39. The van der Waals surface area contributed by atoms with Gasteiger partial charge in [0.1, 0.15) is 0 Å². The molecule has 19 heavy (non-hydrogen) atoms. The van der Waals surface area contributed by atoms with Crippen molar-refractivity contribution in [2.24, 2.45) is 11.8 Å². The van der Waals surface area contributed by atoms with Gasteiger partial charge in [0.05, 0.1) is 0 Å². The molecule has 1 fully saturated rings. The third kappa shape index (κ3) is 4.04. The first-order valence-electron chi connectivity index (χ1n) is 7.85. The number of nitrogens with one attached hydrogen (secondary N) is 1. The minimum absolute atomic E-state index is 0.495. The molecule has 1 heterocycles. The molecule has 2 rings (SSSR count). The van der Waals surface area contributed by atoms with Crippen LogP contribution in [0.1, 0.15) is 63.1 Å². The summed E-state index contributed by atoms with van der Waals surface area (Å²) in [5, 5.41) is 3.76. The van der Waals surface area contributed by atoms with E-state index < -0.39 is 0 Å². The monoisotopic (exact) mass is 260 g/mol. The highest BCUT2D eigenvalue weighted by molar-refractivity contribution is 5.21. The number of pyridine rings is 1. The molecule has 0 spiro atoms. The maximum Gasteiger partial charge on any atom is 0.0364 e. The van der Waals surface area contributed by atoms with E-state index in [-0.39, 0.29) is 0 Å². The number of hydrogen-bond acceptors (Lipinski definition) is 2. The Morgan fingerprint density at radius 3 is 2.89 bits per heavy atom. The molecule has 1 aromatic rings. The molecule has 0 bridgehead atoms. The molecular formula is C17H28N2. The fraction of sp³-hybridized carbons (Fsp3) is 0.706. The Kier molecular flexibility index (Phi) is 5.38. The lowest BCUT2D eigenvalue weighted by Gasteiger charge is -2.34. The van der Waals surface area contributed by atoms with Crippen molar-refractivity contribution in [2.45, 2.75) is 58.9 Å². The van der Waals surface area contributed by atoms with Gasteiger partial charge in [0.2, 0.25) is 0 Å². The molecule has 3 atom stereocenters. The van der Waals surface area contributed by atoms with Crippen LogP contribution < -0.4 is 5.32 Å². The smallest absolute Gasteiger partial charge is 0.0364 e. The van der Waals surface area contributed by atoms with E-state index in [1.165, 1.54) is 43.2 Å². The van der Waals surface area contributed by atoms with Gasteiger partial charge >= 0.3 is 0 Å². The van der Waals surface area contributed by atoms with Gasteiger partial charge in [-0.25, -0.2) is 0 Å². The van der Waals surface area contributed by atoms with Crippen LogP contribution in [0, 0.1) is 18.8 Å². The highest BCUT2D eigenvalue weighted by Gasteiger charge is 2.27. The van der Waals surface area contributed by atoms with E-state index in [2.05, 4.69) is 43.3 Å². The van der Waals surface area contributed by atoms with Crippen molar-refractivity contribution >= 4 is 0 Å². The van der Waals surface area contributed by atoms with Crippen molar-refractivity contribution in [3.63, 3.8) is 0 Å². The van der Waals surface area contributed by atoms with Gasteiger partial charge in [-0.1, -0.05) is 32.8 Å². The fourth-order valence-corrected chi connectivity index (χ4v) is 3.39. The standard InChI is InChI=1S/C17H28N2/c1-4-8-19-17(15-7-5-6-13(2)9-15)16-10-14(3)11-18-12-16/h10-13,15,17,19H,4-9H2,1-3H3. The summed E-state index contributed by atoms with van der Waals surface area (Å²) >= 11 is 0. The molecule has 1 aromatic heterocycles. The molecule has 0 aromatic carbocycles. The van der Waals surface area contributed by atoms with Crippen LogP contribution in [-0.2, 0) is 0 Å². The van der Waals surface area contributed by atoms with Crippen LogP contribution in [0.5, 0.6) is 0 Å². The lowest BCUT2D eigenvalue weighted by molar-refractivity contribution is 0.223. The first-order valence-corrected chi connectivity index (χ1v) is 7.85. The zero-order valence-corrected chi connectivity index (χ0v) is 12.7. The third-order valence-corrected chi connectivity index (χ3v) is 4.32. The molecule has 1 aliphatic rings. The van der Waals surface area contributed by atoms with Crippen LogP contribution in [0.4, 0.5) is 0 Å². The Labute approximate surface area is 118 Å². The van der Waals surface area contributed by atoms with E-state index in [1.807, 2.05) is 6.20 Å². The van der Waals surface area contributed by atoms with E-state index in [4.69, 9.17) is 0 Å². The summed E-state index contributed by atoms with van der Waals surface area (Å²) in [4.78, 5) is 4.39. The van der Waals surface area contributed by atoms with Crippen molar-refractivity contribution in [1.29, 1.82) is 0 Å². The Morgan fingerprint density at radius 2 is 2.21 bits per heavy atom. The zero-order valence-electron chi connectivity index (χ0n) is 12.7. The molecule has 3 unspecified atom stereocenters. The number of hydrogen-bond donors (Lipinski definition) is 1. The molecular weight excluding hydrogens is 232 g/mol. The largest absolute Gasteiger partial charge is 0.310 e. The Morgan fingerprint density at radius 1 is 1.37 bits per heavy atom. The van der Waals surface area contributed by atoms with Crippen LogP contribution >= 0.6 is 0 Å². The van der Waals surface area contributed by atoms with Gasteiger partial charge in [-0.15, -0.1) is 0 Å². The Bertz CT molecular complexity index is 389. The second-order valence-corrected chi connectivity index (χ2v) is 6.26.